The third-order valence-corrected chi connectivity index (χ3v) is 8.42. The summed E-state index contributed by atoms with van der Waals surface area (Å²) in [7, 11) is 0. The Labute approximate surface area is 220 Å². The number of halogens is 3. The molecule has 0 amide bonds. The lowest BCUT2D eigenvalue weighted by molar-refractivity contribution is 0.0192. The molecule has 3 fully saturated rings. The van der Waals surface area contributed by atoms with Gasteiger partial charge in [0.05, 0.1) is 24.2 Å². The number of benzene rings is 1. The second-order valence-electron chi connectivity index (χ2n) is 10.8. The lowest BCUT2D eigenvalue weighted by atomic mass is 9.85. The first-order valence-electron chi connectivity index (χ1n) is 13.9. The van der Waals surface area contributed by atoms with Crippen molar-refractivity contribution in [3.63, 3.8) is 0 Å². The van der Waals surface area contributed by atoms with Gasteiger partial charge in [-0.05, 0) is 50.2 Å². The van der Waals surface area contributed by atoms with E-state index < -0.39 is 12.6 Å². The van der Waals surface area contributed by atoms with E-state index >= 15 is 0 Å². The minimum atomic E-state index is -2.72. The highest BCUT2D eigenvalue weighted by atomic mass is 19.3. The van der Waals surface area contributed by atoms with Crippen LogP contribution in [0.3, 0.4) is 0 Å². The molecular weight excluding hydrogens is 495 g/mol. The average Bonchev–Trinajstić information content (AvgIpc) is 3.56. The van der Waals surface area contributed by atoms with Gasteiger partial charge >= 0.3 is 0 Å². The SMILES string of the molecule is FC(F)c1nc2ccccc2n1C1=NC(NC[C@H]2CC[C@H](N3CC[C@@H](F)C3)CC2)=NC(N2CCOCC2)C1. The maximum absolute atomic E-state index is 14.1. The van der Waals surface area contributed by atoms with Crippen LogP contribution in [0.1, 0.15) is 50.8 Å². The number of aliphatic imine (C=N–C) groups is 2. The highest BCUT2D eigenvalue weighted by Gasteiger charge is 2.33. The predicted molar refractivity (Wildman–Crippen MR) is 141 cm³/mol. The van der Waals surface area contributed by atoms with Gasteiger partial charge in [0.1, 0.15) is 18.2 Å². The average molecular weight is 532 g/mol. The first-order valence-corrected chi connectivity index (χ1v) is 13.9. The number of imidazole rings is 1. The van der Waals surface area contributed by atoms with Gasteiger partial charge in [-0.2, -0.15) is 4.99 Å². The molecule has 0 radical (unpaired) electrons. The number of fused-ring (bicyclic) bond motifs is 1. The number of hydrogen-bond acceptors (Lipinski definition) is 7. The summed E-state index contributed by atoms with van der Waals surface area (Å²) in [5, 5.41) is 3.45. The summed E-state index contributed by atoms with van der Waals surface area (Å²) in [4.78, 5) is 18.5. The van der Waals surface area contributed by atoms with Crippen LogP contribution in [0.15, 0.2) is 34.3 Å². The van der Waals surface area contributed by atoms with Crippen LogP contribution in [0.4, 0.5) is 13.2 Å². The molecule has 206 valence electrons. The van der Waals surface area contributed by atoms with Crippen LogP contribution in [-0.4, -0.2) is 95.5 Å². The van der Waals surface area contributed by atoms with Gasteiger partial charge in [0.2, 0.25) is 5.96 Å². The van der Waals surface area contributed by atoms with Crippen molar-refractivity contribution in [2.24, 2.45) is 15.9 Å². The Morgan fingerprint density at radius 2 is 1.79 bits per heavy atom. The molecular formula is C27H36F3N7O. The number of nitrogens with zero attached hydrogens (tertiary/aromatic N) is 6. The summed E-state index contributed by atoms with van der Waals surface area (Å²) in [5.74, 6) is 1.21. The zero-order valence-electron chi connectivity index (χ0n) is 21.6. The molecule has 4 aliphatic rings. The largest absolute Gasteiger partial charge is 0.379 e. The van der Waals surface area contributed by atoms with Crippen molar-refractivity contribution >= 4 is 22.8 Å². The van der Waals surface area contributed by atoms with Crippen molar-refractivity contribution in [1.29, 1.82) is 0 Å². The first kappa shape index (κ1) is 25.8. The van der Waals surface area contributed by atoms with E-state index in [1.807, 2.05) is 12.1 Å². The lowest BCUT2D eigenvalue weighted by Gasteiger charge is -2.35. The summed E-state index contributed by atoms with van der Waals surface area (Å²) in [5.41, 5.74) is 1.15. The lowest BCUT2D eigenvalue weighted by Crippen LogP contribution is -2.47. The fraction of sp³-hybridized carbons (Fsp3) is 0.667. The van der Waals surface area contributed by atoms with Crippen LogP contribution >= 0.6 is 0 Å². The van der Waals surface area contributed by atoms with E-state index in [4.69, 9.17) is 14.7 Å². The molecule has 4 heterocycles. The minimum absolute atomic E-state index is 0.208. The number of aromatic nitrogens is 2. The van der Waals surface area contributed by atoms with E-state index in [1.54, 1.807) is 12.1 Å². The molecule has 11 heteroatoms. The Balaban J connectivity index is 1.20. The van der Waals surface area contributed by atoms with Crippen LogP contribution in [-0.2, 0) is 4.74 Å². The number of ether oxygens (including phenoxy) is 1. The van der Waals surface area contributed by atoms with Crippen molar-refractivity contribution in [3.8, 4) is 0 Å². The van der Waals surface area contributed by atoms with Gasteiger partial charge in [0.25, 0.3) is 6.43 Å². The third kappa shape index (κ3) is 5.46. The maximum atomic E-state index is 14.1. The van der Waals surface area contributed by atoms with Crippen molar-refractivity contribution in [2.45, 2.75) is 63.3 Å². The van der Waals surface area contributed by atoms with Gasteiger partial charge < -0.3 is 10.1 Å². The van der Waals surface area contributed by atoms with Crippen LogP contribution in [0, 0.1) is 5.92 Å². The van der Waals surface area contributed by atoms with Gasteiger partial charge in [-0.3, -0.25) is 14.4 Å². The molecule has 0 spiro atoms. The second kappa shape index (κ2) is 11.3. The molecule has 1 unspecified atom stereocenters. The van der Waals surface area contributed by atoms with E-state index in [0.717, 1.165) is 51.9 Å². The number of hydrogen-bond donors (Lipinski definition) is 1. The van der Waals surface area contributed by atoms with Crippen LogP contribution < -0.4 is 5.32 Å². The normalized spacial score (nSPS) is 29.6. The molecule has 0 bridgehead atoms. The van der Waals surface area contributed by atoms with Gasteiger partial charge in [-0.1, -0.05) is 12.1 Å². The monoisotopic (exact) mass is 531 g/mol. The van der Waals surface area contributed by atoms with Crippen molar-refractivity contribution in [3.05, 3.63) is 30.1 Å². The van der Waals surface area contributed by atoms with Crippen LogP contribution in [0.2, 0.25) is 0 Å². The van der Waals surface area contributed by atoms with Gasteiger partial charge in [-0.15, -0.1) is 0 Å². The fourth-order valence-electron chi connectivity index (χ4n) is 6.35. The number of para-hydroxylation sites is 2. The minimum Gasteiger partial charge on any atom is -0.379 e. The highest BCUT2D eigenvalue weighted by Crippen LogP contribution is 2.30. The fourth-order valence-corrected chi connectivity index (χ4v) is 6.35. The van der Waals surface area contributed by atoms with E-state index in [1.165, 1.54) is 4.57 Å². The zero-order chi connectivity index (χ0) is 26.1. The van der Waals surface area contributed by atoms with Crippen LogP contribution in [0.25, 0.3) is 11.0 Å². The molecule has 1 aliphatic carbocycles. The molecule has 1 aromatic heterocycles. The summed E-state index contributed by atoms with van der Waals surface area (Å²) in [6, 6.07) is 7.68. The molecule has 1 N–H and O–H groups in total. The van der Waals surface area contributed by atoms with Gasteiger partial charge in [0, 0.05) is 45.2 Å². The first-order chi connectivity index (χ1) is 18.5. The Morgan fingerprint density at radius 3 is 2.53 bits per heavy atom. The molecule has 2 atom stereocenters. The Hall–Kier alpha value is -2.50. The summed E-state index contributed by atoms with van der Waals surface area (Å²) in [6.45, 7) is 4.91. The number of nitrogens with one attached hydrogen (secondary N) is 1. The zero-order valence-corrected chi connectivity index (χ0v) is 21.6. The number of likely N-dealkylation sites (tertiary alicyclic amines) is 1. The molecule has 38 heavy (non-hydrogen) atoms. The highest BCUT2D eigenvalue weighted by molar-refractivity contribution is 6.03. The van der Waals surface area contributed by atoms with Crippen LogP contribution in [0.5, 0.6) is 0 Å². The Morgan fingerprint density at radius 1 is 1.00 bits per heavy atom. The van der Waals surface area contributed by atoms with E-state index in [0.29, 0.717) is 67.4 Å². The summed E-state index contributed by atoms with van der Waals surface area (Å²) >= 11 is 0. The van der Waals surface area contributed by atoms with Crippen molar-refractivity contribution < 1.29 is 17.9 Å². The molecule has 1 saturated carbocycles. The van der Waals surface area contributed by atoms with Gasteiger partial charge in [-0.25, -0.2) is 23.1 Å². The topological polar surface area (TPSA) is 70.3 Å². The molecule has 1 aromatic carbocycles. The predicted octanol–water partition coefficient (Wildman–Crippen LogP) is 3.83. The summed E-state index contributed by atoms with van der Waals surface area (Å²) in [6.07, 6.45) is 1.77. The molecule has 8 nitrogen and oxygen atoms in total. The maximum Gasteiger partial charge on any atom is 0.296 e. The smallest absolute Gasteiger partial charge is 0.296 e. The standard InChI is InChI=1S/C27H36F3N7O/c28-19-9-10-36(17-19)20-7-5-18(6-8-20)16-31-27-33-23(35-11-13-38-14-12-35)15-24(34-27)37-22-4-2-1-3-21(22)32-26(37)25(29)30/h1-4,18-20,23,25H,5-17H2,(H,31,33)/t18-,19-,20-,23?/m1/s1. The number of alkyl halides is 3. The second-order valence-corrected chi connectivity index (χ2v) is 10.8. The molecule has 2 aromatic rings. The van der Waals surface area contributed by atoms with Crippen molar-refractivity contribution in [1.82, 2.24) is 24.7 Å². The molecule has 3 aliphatic heterocycles. The number of guanidine groups is 1. The van der Waals surface area contributed by atoms with E-state index in [2.05, 4.69) is 20.1 Å². The Bertz CT molecular complexity index is 1170. The van der Waals surface area contributed by atoms with Crippen molar-refractivity contribution in [2.75, 3.05) is 45.9 Å². The quantitative estimate of drug-likeness (QED) is 0.635. The number of morpholine rings is 1. The molecule has 6 rings (SSSR count). The summed E-state index contributed by atoms with van der Waals surface area (Å²) < 4.78 is 48.9. The van der Waals surface area contributed by atoms with E-state index in [-0.39, 0.29) is 12.0 Å². The third-order valence-electron chi connectivity index (χ3n) is 8.42. The van der Waals surface area contributed by atoms with E-state index in [9.17, 15) is 13.2 Å². The number of rotatable bonds is 5. The Kier molecular flexibility index (Phi) is 7.67. The van der Waals surface area contributed by atoms with Gasteiger partial charge in [0.15, 0.2) is 5.82 Å². The molecule has 2 saturated heterocycles.